The Morgan fingerprint density at radius 2 is 1.65 bits per heavy atom. The molecule has 20 heavy (non-hydrogen) atoms. The van der Waals surface area contributed by atoms with Crippen LogP contribution in [-0.2, 0) is 4.79 Å². The normalized spacial score (nSPS) is 10.3. The van der Waals surface area contributed by atoms with Gasteiger partial charge < -0.3 is 5.32 Å². The van der Waals surface area contributed by atoms with Crippen molar-refractivity contribution in [1.82, 2.24) is 0 Å². The van der Waals surface area contributed by atoms with Gasteiger partial charge in [-0.2, -0.15) is 0 Å². The summed E-state index contributed by atoms with van der Waals surface area (Å²) in [5.41, 5.74) is 3.47. The third-order valence-electron chi connectivity index (χ3n) is 3.17. The highest BCUT2D eigenvalue weighted by molar-refractivity contribution is 7.99. The highest BCUT2D eigenvalue weighted by Crippen LogP contribution is 2.29. The lowest BCUT2D eigenvalue weighted by Gasteiger charge is -2.07. The van der Waals surface area contributed by atoms with Gasteiger partial charge >= 0.3 is 0 Å². The number of aryl methyl sites for hydroxylation is 2. The molecule has 0 aromatic heterocycles. The minimum atomic E-state index is 0.0413. The molecule has 0 fully saturated rings. The molecule has 0 aliphatic rings. The summed E-state index contributed by atoms with van der Waals surface area (Å²) in [4.78, 5) is 13.7. The molecule has 2 nitrogen and oxygen atoms in total. The number of carbonyl (C=O) groups excluding carboxylic acids is 1. The maximum absolute atomic E-state index is 11.3. The summed E-state index contributed by atoms with van der Waals surface area (Å²) in [6.45, 7) is 6.09. The molecule has 3 heteroatoms. The number of hydrogen-bond donors (Lipinski definition) is 1. The van der Waals surface area contributed by atoms with Crippen molar-refractivity contribution in [2.24, 2.45) is 0 Å². The van der Waals surface area contributed by atoms with E-state index >= 15 is 0 Å². The second-order valence-electron chi connectivity index (χ2n) is 4.77. The fraction of sp³-hybridized carbons (Fsp3) is 0.235. The first kappa shape index (κ1) is 14.7. The number of hydrogen-bond acceptors (Lipinski definition) is 2. The van der Waals surface area contributed by atoms with Gasteiger partial charge in [0.25, 0.3) is 0 Å². The Kier molecular flexibility index (Phi) is 4.85. The zero-order valence-corrected chi connectivity index (χ0v) is 12.9. The topological polar surface area (TPSA) is 29.1 Å². The van der Waals surface area contributed by atoms with Gasteiger partial charge in [-0.25, -0.2) is 0 Å². The molecular formula is C17H19NOS. The second-order valence-corrected chi connectivity index (χ2v) is 5.92. The largest absolute Gasteiger partial charge is 0.326 e. The summed E-state index contributed by atoms with van der Waals surface area (Å²) in [6, 6.07) is 14.4. The Hall–Kier alpha value is -1.74. The van der Waals surface area contributed by atoms with E-state index in [2.05, 4.69) is 37.4 Å². The smallest absolute Gasteiger partial charge is 0.224 e. The van der Waals surface area contributed by atoms with Gasteiger partial charge in [-0.05, 0) is 61.4 Å². The molecule has 0 aliphatic carbocycles. The molecule has 0 aliphatic heterocycles. The van der Waals surface area contributed by atoms with Gasteiger partial charge in [-0.1, -0.05) is 24.8 Å². The average molecular weight is 285 g/mol. The van der Waals surface area contributed by atoms with Crippen LogP contribution in [0.1, 0.15) is 24.5 Å². The standard InChI is InChI=1S/C17H19NOS/c1-4-17(19)18-14-6-9-15(10-7-14)20-16-8-5-12(2)13(3)11-16/h5-11H,4H2,1-3H3,(H,18,19). The number of amides is 1. The molecule has 0 bridgehead atoms. The van der Waals surface area contributed by atoms with Crippen LogP contribution in [0.25, 0.3) is 0 Å². The summed E-state index contributed by atoms with van der Waals surface area (Å²) in [7, 11) is 0. The van der Waals surface area contributed by atoms with Crippen molar-refractivity contribution in [2.45, 2.75) is 37.0 Å². The van der Waals surface area contributed by atoms with Gasteiger partial charge in [-0.15, -0.1) is 0 Å². The maximum atomic E-state index is 11.3. The van der Waals surface area contributed by atoms with Crippen molar-refractivity contribution in [1.29, 1.82) is 0 Å². The number of anilines is 1. The van der Waals surface area contributed by atoms with E-state index in [0.717, 1.165) is 5.69 Å². The molecule has 2 aromatic carbocycles. The van der Waals surface area contributed by atoms with Crippen LogP contribution in [-0.4, -0.2) is 5.91 Å². The van der Waals surface area contributed by atoms with Gasteiger partial charge in [-0.3, -0.25) is 4.79 Å². The van der Waals surface area contributed by atoms with Gasteiger partial charge in [0.15, 0.2) is 0 Å². The van der Waals surface area contributed by atoms with Crippen molar-refractivity contribution in [2.75, 3.05) is 5.32 Å². The Bertz CT molecular complexity index is 605. The van der Waals surface area contributed by atoms with E-state index in [4.69, 9.17) is 0 Å². The minimum absolute atomic E-state index is 0.0413. The van der Waals surface area contributed by atoms with Crippen LogP contribution < -0.4 is 5.32 Å². The first-order valence-electron chi connectivity index (χ1n) is 6.73. The monoisotopic (exact) mass is 285 g/mol. The number of rotatable bonds is 4. The average Bonchev–Trinajstić information content (AvgIpc) is 2.45. The quantitative estimate of drug-likeness (QED) is 0.874. The molecule has 0 unspecified atom stereocenters. The van der Waals surface area contributed by atoms with Crippen LogP contribution in [0.2, 0.25) is 0 Å². The van der Waals surface area contributed by atoms with E-state index < -0.39 is 0 Å². The Labute approximate surface area is 124 Å². The summed E-state index contributed by atoms with van der Waals surface area (Å²) < 4.78 is 0. The fourth-order valence-electron chi connectivity index (χ4n) is 1.77. The molecule has 0 atom stereocenters. The van der Waals surface area contributed by atoms with Crippen LogP contribution >= 0.6 is 11.8 Å². The second kappa shape index (κ2) is 6.62. The summed E-state index contributed by atoms with van der Waals surface area (Å²) in [5.74, 6) is 0.0413. The van der Waals surface area contributed by atoms with Crippen LogP contribution in [0.3, 0.4) is 0 Å². The van der Waals surface area contributed by atoms with Gasteiger partial charge in [0.2, 0.25) is 5.91 Å². The zero-order valence-electron chi connectivity index (χ0n) is 12.1. The predicted octanol–water partition coefficient (Wildman–Crippen LogP) is 4.80. The lowest BCUT2D eigenvalue weighted by Crippen LogP contribution is -2.08. The van der Waals surface area contributed by atoms with E-state index in [1.54, 1.807) is 11.8 Å². The Morgan fingerprint density at radius 3 is 2.25 bits per heavy atom. The van der Waals surface area contributed by atoms with Gasteiger partial charge in [0.1, 0.15) is 0 Å². The predicted molar refractivity (Wildman–Crippen MR) is 85.4 cm³/mol. The lowest BCUT2D eigenvalue weighted by atomic mass is 10.1. The van der Waals surface area contributed by atoms with Crippen LogP contribution in [0.15, 0.2) is 52.3 Å². The van der Waals surface area contributed by atoms with E-state index in [1.807, 2.05) is 31.2 Å². The van der Waals surface area contributed by atoms with Crippen molar-refractivity contribution >= 4 is 23.4 Å². The molecular weight excluding hydrogens is 266 g/mol. The summed E-state index contributed by atoms with van der Waals surface area (Å²) in [5, 5.41) is 2.85. The molecule has 0 saturated carbocycles. The molecule has 1 amide bonds. The first-order chi connectivity index (χ1) is 9.58. The Morgan fingerprint density at radius 1 is 1.00 bits per heavy atom. The molecule has 0 heterocycles. The van der Waals surface area contributed by atoms with E-state index in [0.29, 0.717) is 6.42 Å². The lowest BCUT2D eigenvalue weighted by molar-refractivity contribution is -0.115. The summed E-state index contributed by atoms with van der Waals surface area (Å²) >= 11 is 1.73. The highest BCUT2D eigenvalue weighted by Gasteiger charge is 2.02. The Balaban J connectivity index is 2.06. The number of carbonyl (C=O) groups is 1. The van der Waals surface area contributed by atoms with Crippen molar-refractivity contribution in [3.8, 4) is 0 Å². The third kappa shape index (κ3) is 3.87. The number of benzene rings is 2. The van der Waals surface area contributed by atoms with E-state index in [9.17, 15) is 4.79 Å². The molecule has 1 N–H and O–H groups in total. The molecule has 0 saturated heterocycles. The van der Waals surface area contributed by atoms with E-state index in [1.165, 1.54) is 20.9 Å². The van der Waals surface area contributed by atoms with Crippen molar-refractivity contribution in [3.63, 3.8) is 0 Å². The summed E-state index contributed by atoms with van der Waals surface area (Å²) in [6.07, 6.45) is 0.499. The zero-order chi connectivity index (χ0) is 14.5. The van der Waals surface area contributed by atoms with Crippen LogP contribution in [0.5, 0.6) is 0 Å². The van der Waals surface area contributed by atoms with Gasteiger partial charge in [0.05, 0.1) is 0 Å². The fourth-order valence-corrected chi connectivity index (χ4v) is 2.69. The van der Waals surface area contributed by atoms with Crippen LogP contribution in [0.4, 0.5) is 5.69 Å². The highest BCUT2D eigenvalue weighted by atomic mass is 32.2. The van der Waals surface area contributed by atoms with E-state index in [-0.39, 0.29) is 5.91 Å². The molecule has 2 aromatic rings. The molecule has 0 radical (unpaired) electrons. The molecule has 2 rings (SSSR count). The number of nitrogens with one attached hydrogen (secondary N) is 1. The van der Waals surface area contributed by atoms with Crippen molar-refractivity contribution in [3.05, 3.63) is 53.6 Å². The van der Waals surface area contributed by atoms with Crippen LogP contribution in [0, 0.1) is 13.8 Å². The molecule has 0 spiro atoms. The van der Waals surface area contributed by atoms with Gasteiger partial charge in [0, 0.05) is 21.9 Å². The SMILES string of the molecule is CCC(=O)Nc1ccc(Sc2ccc(C)c(C)c2)cc1. The third-order valence-corrected chi connectivity index (χ3v) is 4.17. The van der Waals surface area contributed by atoms with Crippen molar-refractivity contribution < 1.29 is 4.79 Å². The maximum Gasteiger partial charge on any atom is 0.224 e. The minimum Gasteiger partial charge on any atom is -0.326 e. The first-order valence-corrected chi connectivity index (χ1v) is 7.55. The molecule has 104 valence electrons.